The van der Waals surface area contributed by atoms with Crippen LogP contribution in [0.25, 0.3) is 22.8 Å². The molecular weight excluding hydrogens is 623 g/mol. The third kappa shape index (κ3) is 6.55. The molecule has 4 heteroatoms. The van der Waals surface area contributed by atoms with Crippen molar-refractivity contribution >= 4 is 51.4 Å². The third-order valence-corrected chi connectivity index (χ3v) is 10.6. The second kappa shape index (κ2) is 13.9. The summed E-state index contributed by atoms with van der Waals surface area (Å²) in [5.41, 5.74) is 6.86. The van der Waals surface area contributed by atoms with Gasteiger partial charge in [-0.2, -0.15) is 0 Å². The summed E-state index contributed by atoms with van der Waals surface area (Å²) in [6.45, 7) is 0. The molecule has 6 aromatic rings. The van der Waals surface area contributed by atoms with Gasteiger partial charge < -0.3 is 9.47 Å². The molecule has 0 aromatic heterocycles. The molecule has 0 aliphatic heterocycles. The molecule has 0 saturated carbocycles. The fourth-order valence-electron chi connectivity index (χ4n) is 5.41. The van der Waals surface area contributed by atoms with Crippen LogP contribution in [0.5, 0.6) is 11.5 Å². The zero-order valence-electron chi connectivity index (χ0n) is 24.7. The highest BCUT2D eigenvalue weighted by atomic mass is 79.9. The molecule has 0 unspecified atom stereocenters. The van der Waals surface area contributed by atoms with Crippen LogP contribution >= 0.6 is 23.9 Å². The molecule has 2 nitrogen and oxygen atoms in total. The molecule has 0 saturated heterocycles. The van der Waals surface area contributed by atoms with Crippen LogP contribution in [0.3, 0.4) is 0 Å². The number of hydrogen-bond acceptors (Lipinski definition) is 2. The quantitative estimate of drug-likeness (QED) is 0.114. The second-order valence-corrected chi connectivity index (χ2v) is 13.4. The normalized spacial score (nSPS) is 11.4. The number of halogens is 1. The molecule has 0 aliphatic rings. The molecule has 44 heavy (non-hydrogen) atoms. The lowest BCUT2D eigenvalue weighted by atomic mass is 9.89. The van der Waals surface area contributed by atoms with Crippen LogP contribution in [0.2, 0.25) is 0 Å². The summed E-state index contributed by atoms with van der Waals surface area (Å²) in [6, 6.07) is 53.7. The molecule has 6 aromatic carbocycles. The third-order valence-electron chi connectivity index (χ3n) is 7.56. The van der Waals surface area contributed by atoms with Crippen LogP contribution in [-0.4, -0.2) is 14.2 Å². The van der Waals surface area contributed by atoms with Crippen LogP contribution in [0, 0.1) is 0 Å². The highest BCUT2D eigenvalue weighted by Gasteiger charge is 2.22. The monoisotopic (exact) mass is 654 g/mol. The van der Waals surface area contributed by atoms with Crippen LogP contribution in [0.1, 0.15) is 16.7 Å². The largest absolute Gasteiger partial charge is 0.497 e. The van der Waals surface area contributed by atoms with Crippen molar-refractivity contribution in [1.82, 2.24) is 0 Å². The first-order valence-electron chi connectivity index (χ1n) is 14.4. The van der Waals surface area contributed by atoms with E-state index in [1.165, 1.54) is 27.0 Å². The average molecular weight is 656 g/mol. The van der Waals surface area contributed by atoms with Gasteiger partial charge in [0.05, 0.1) is 14.2 Å². The Morgan fingerprint density at radius 2 is 1.11 bits per heavy atom. The smallest absolute Gasteiger partial charge is 0.118 e. The first kappa shape index (κ1) is 29.6. The van der Waals surface area contributed by atoms with E-state index in [2.05, 4.69) is 149 Å². The van der Waals surface area contributed by atoms with Gasteiger partial charge in [0.2, 0.25) is 0 Å². The van der Waals surface area contributed by atoms with Gasteiger partial charge in [-0.15, -0.1) is 0 Å². The van der Waals surface area contributed by atoms with Crippen molar-refractivity contribution in [1.29, 1.82) is 0 Å². The highest BCUT2D eigenvalue weighted by molar-refractivity contribution is 9.10. The van der Waals surface area contributed by atoms with Crippen LogP contribution < -0.4 is 25.4 Å². The van der Waals surface area contributed by atoms with E-state index in [-0.39, 0.29) is 0 Å². The molecule has 0 heterocycles. The van der Waals surface area contributed by atoms with Gasteiger partial charge in [-0.3, -0.25) is 0 Å². The van der Waals surface area contributed by atoms with Crippen molar-refractivity contribution in [3.63, 3.8) is 0 Å². The van der Waals surface area contributed by atoms with Gasteiger partial charge >= 0.3 is 0 Å². The first-order chi connectivity index (χ1) is 21.6. The highest BCUT2D eigenvalue weighted by Crippen LogP contribution is 2.41. The van der Waals surface area contributed by atoms with Gasteiger partial charge in [-0.25, -0.2) is 0 Å². The molecule has 0 fully saturated rings. The van der Waals surface area contributed by atoms with E-state index in [1.54, 1.807) is 14.2 Å². The lowest BCUT2D eigenvalue weighted by molar-refractivity contribution is 0.414. The van der Waals surface area contributed by atoms with Gasteiger partial charge in [-0.1, -0.05) is 131 Å². The van der Waals surface area contributed by atoms with Crippen molar-refractivity contribution in [2.75, 3.05) is 14.2 Å². The molecule has 6 rings (SSSR count). The topological polar surface area (TPSA) is 18.5 Å². The number of rotatable bonds is 9. The van der Waals surface area contributed by atoms with Gasteiger partial charge in [0.15, 0.2) is 0 Å². The zero-order valence-corrected chi connectivity index (χ0v) is 27.1. The Balaban J connectivity index is 1.59. The number of hydrogen-bond donors (Lipinski definition) is 0. The van der Waals surface area contributed by atoms with Gasteiger partial charge in [0.25, 0.3) is 0 Å². The zero-order chi connectivity index (χ0) is 30.3. The first-order valence-corrected chi connectivity index (χ1v) is 16.6. The Morgan fingerprint density at radius 3 is 1.70 bits per heavy atom. The van der Waals surface area contributed by atoms with E-state index in [1.807, 2.05) is 24.3 Å². The maximum absolute atomic E-state index is 5.50. The van der Waals surface area contributed by atoms with Gasteiger partial charge in [0, 0.05) is 4.47 Å². The minimum atomic E-state index is -0.806. The van der Waals surface area contributed by atoms with Crippen LogP contribution in [0.4, 0.5) is 0 Å². The fourth-order valence-corrected chi connectivity index (χ4v) is 8.23. The molecule has 0 atom stereocenters. The molecule has 0 amide bonds. The summed E-state index contributed by atoms with van der Waals surface area (Å²) in [5, 5.41) is 3.97. The lowest BCUT2D eigenvalue weighted by Crippen LogP contribution is -2.22. The number of methoxy groups -OCH3 is 2. The fraction of sp³-hybridized carbons (Fsp3) is 0.0500. The maximum atomic E-state index is 5.50. The molecule has 216 valence electrons. The van der Waals surface area contributed by atoms with Crippen molar-refractivity contribution in [2.45, 2.75) is 0 Å². The molecule has 0 N–H and O–H groups in total. The molecule has 0 radical (unpaired) electrons. The predicted molar refractivity (Wildman–Crippen MR) is 191 cm³/mol. The Kier molecular flexibility index (Phi) is 9.37. The van der Waals surface area contributed by atoms with Crippen molar-refractivity contribution in [3.05, 3.63) is 173 Å². The minimum Gasteiger partial charge on any atom is -0.497 e. The van der Waals surface area contributed by atoms with Crippen molar-refractivity contribution in [2.24, 2.45) is 0 Å². The number of benzene rings is 6. The second-order valence-electron chi connectivity index (χ2n) is 10.3. The molecule has 0 bridgehead atoms. The standard InChI is InChI=1S/C40H32BrO2P/c1-42-32-22-17-29(18-23-32)27-38(30-19-24-33(43-2)25-20-30)39-28-31(41)21-26-36(39)37-15-9-10-16-40(37)44(34-11-5-3-6-12-34)35-13-7-4-8-14-35/h3-28H,1-2H3/b38-27+. The summed E-state index contributed by atoms with van der Waals surface area (Å²) in [7, 11) is 2.59. The Morgan fingerprint density at radius 1 is 0.568 bits per heavy atom. The Bertz CT molecular complexity index is 1830. The molecule has 0 spiro atoms. The van der Waals surface area contributed by atoms with Crippen molar-refractivity contribution in [3.8, 4) is 22.6 Å². The summed E-state index contributed by atoms with van der Waals surface area (Å²) in [4.78, 5) is 0. The van der Waals surface area contributed by atoms with E-state index < -0.39 is 7.92 Å². The van der Waals surface area contributed by atoms with Crippen molar-refractivity contribution < 1.29 is 9.47 Å². The van der Waals surface area contributed by atoms with Crippen LogP contribution in [0.15, 0.2) is 156 Å². The van der Waals surface area contributed by atoms with E-state index in [0.29, 0.717) is 0 Å². The lowest BCUT2D eigenvalue weighted by Gasteiger charge is -2.24. The van der Waals surface area contributed by atoms with E-state index in [4.69, 9.17) is 9.47 Å². The minimum absolute atomic E-state index is 0.806. The van der Waals surface area contributed by atoms with Crippen LogP contribution in [-0.2, 0) is 0 Å². The van der Waals surface area contributed by atoms with E-state index >= 15 is 0 Å². The Hall–Kier alpha value is -4.43. The van der Waals surface area contributed by atoms with E-state index in [0.717, 1.165) is 38.2 Å². The SMILES string of the molecule is COc1ccc(/C=C(\c2ccc(OC)cc2)c2cc(Br)ccc2-c2ccccc2P(c2ccccc2)c2ccccc2)cc1. The average Bonchev–Trinajstić information content (AvgIpc) is 3.09. The van der Waals surface area contributed by atoms with Gasteiger partial charge in [0.1, 0.15) is 11.5 Å². The Labute approximate surface area is 269 Å². The predicted octanol–water partition coefficient (Wildman–Crippen LogP) is 9.48. The maximum Gasteiger partial charge on any atom is 0.118 e. The van der Waals surface area contributed by atoms with E-state index in [9.17, 15) is 0 Å². The van der Waals surface area contributed by atoms with Gasteiger partial charge in [-0.05, 0) is 99.7 Å². The summed E-state index contributed by atoms with van der Waals surface area (Å²) >= 11 is 3.80. The summed E-state index contributed by atoms with van der Waals surface area (Å²) in [5.74, 6) is 1.66. The summed E-state index contributed by atoms with van der Waals surface area (Å²) in [6.07, 6.45) is 2.26. The molecule has 0 aliphatic carbocycles. The number of ether oxygens (including phenoxy) is 2. The summed E-state index contributed by atoms with van der Waals surface area (Å²) < 4.78 is 12.0. The molecular formula is C40H32BrO2P.